The van der Waals surface area contributed by atoms with Crippen molar-refractivity contribution in [2.45, 2.75) is 31.9 Å². The van der Waals surface area contributed by atoms with Crippen molar-refractivity contribution in [2.75, 3.05) is 20.7 Å². The summed E-state index contributed by atoms with van der Waals surface area (Å²) in [5.74, 6) is 0. The zero-order valence-corrected chi connectivity index (χ0v) is 7.83. The molecule has 0 fully saturated rings. The van der Waals surface area contributed by atoms with Gasteiger partial charge in [-0.15, -0.1) is 0 Å². The van der Waals surface area contributed by atoms with Crippen molar-refractivity contribution in [1.82, 2.24) is 4.90 Å². The Morgan fingerprint density at radius 3 is 1.91 bits per heavy atom. The van der Waals surface area contributed by atoms with Crippen LogP contribution in [0, 0.1) is 0 Å². The van der Waals surface area contributed by atoms with E-state index in [1.54, 1.807) is 6.92 Å². The van der Waals surface area contributed by atoms with Gasteiger partial charge in [0.1, 0.15) is 0 Å². The first-order valence-corrected chi connectivity index (χ1v) is 3.97. The Hall–Kier alpha value is -0.120. The molecule has 2 atom stereocenters. The van der Waals surface area contributed by atoms with Crippen molar-refractivity contribution >= 4 is 0 Å². The van der Waals surface area contributed by atoms with Crippen LogP contribution < -0.4 is 0 Å². The summed E-state index contributed by atoms with van der Waals surface area (Å²) in [4.78, 5) is 1.87. The van der Waals surface area contributed by atoms with Crippen LogP contribution >= 0.6 is 0 Å². The second-order valence-electron chi connectivity index (χ2n) is 3.19. The fourth-order valence-corrected chi connectivity index (χ4v) is 1.37. The van der Waals surface area contributed by atoms with E-state index >= 15 is 0 Å². The molecule has 0 rings (SSSR count). The van der Waals surface area contributed by atoms with Crippen molar-refractivity contribution in [3.8, 4) is 0 Å². The SMILES string of the molecule is CCC(CO)(C(C)O)N(C)C. The number of aliphatic hydroxyl groups excluding tert-OH is 2. The molecule has 0 saturated heterocycles. The topological polar surface area (TPSA) is 43.7 Å². The Labute approximate surface area is 68.6 Å². The smallest absolute Gasteiger partial charge is 0.0718 e. The molecular formula is C8H19NO2. The Morgan fingerprint density at radius 1 is 1.45 bits per heavy atom. The van der Waals surface area contributed by atoms with Crippen LogP contribution in [0.2, 0.25) is 0 Å². The maximum Gasteiger partial charge on any atom is 0.0718 e. The van der Waals surface area contributed by atoms with Gasteiger partial charge in [0.2, 0.25) is 0 Å². The van der Waals surface area contributed by atoms with Crippen LogP contribution in [0.25, 0.3) is 0 Å². The molecule has 0 spiro atoms. The molecule has 0 aliphatic carbocycles. The number of aliphatic hydroxyl groups is 2. The molecule has 0 aliphatic heterocycles. The highest BCUT2D eigenvalue weighted by Gasteiger charge is 2.34. The monoisotopic (exact) mass is 161 g/mol. The first-order chi connectivity index (χ1) is 5.01. The van der Waals surface area contributed by atoms with Crippen molar-refractivity contribution in [3.05, 3.63) is 0 Å². The van der Waals surface area contributed by atoms with Crippen LogP contribution in [0.5, 0.6) is 0 Å². The molecule has 0 radical (unpaired) electrons. The van der Waals surface area contributed by atoms with Gasteiger partial charge in [-0.25, -0.2) is 0 Å². The summed E-state index contributed by atoms with van der Waals surface area (Å²) in [6.07, 6.45) is 0.237. The molecule has 0 bridgehead atoms. The summed E-state index contributed by atoms with van der Waals surface area (Å²) >= 11 is 0. The van der Waals surface area contributed by atoms with Crippen LogP contribution in [0.15, 0.2) is 0 Å². The van der Waals surface area contributed by atoms with Crippen LogP contribution in [-0.2, 0) is 0 Å². The maximum atomic E-state index is 9.43. The molecule has 0 aromatic rings. The second-order valence-corrected chi connectivity index (χ2v) is 3.19. The van der Waals surface area contributed by atoms with Crippen molar-refractivity contribution in [2.24, 2.45) is 0 Å². The minimum atomic E-state index is -0.507. The van der Waals surface area contributed by atoms with E-state index in [2.05, 4.69) is 0 Å². The van der Waals surface area contributed by atoms with Gasteiger partial charge in [0.15, 0.2) is 0 Å². The Morgan fingerprint density at radius 2 is 1.91 bits per heavy atom. The van der Waals surface area contributed by atoms with E-state index in [9.17, 15) is 5.11 Å². The van der Waals surface area contributed by atoms with E-state index in [0.717, 1.165) is 6.42 Å². The zero-order valence-electron chi connectivity index (χ0n) is 7.83. The lowest BCUT2D eigenvalue weighted by Gasteiger charge is -2.40. The predicted octanol–water partition coefficient (Wildman–Crippen LogP) is 0.0699. The zero-order chi connectivity index (χ0) is 9.07. The largest absolute Gasteiger partial charge is 0.394 e. The quantitative estimate of drug-likeness (QED) is 0.613. The minimum absolute atomic E-state index is 0.00579. The van der Waals surface area contributed by atoms with Crippen molar-refractivity contribution in [3.63, 3.8) is 0 Å². The van der Waals surface area contributed by atoms with E-state index in [0.29, 0.717) is 0 Å². The summed E-state index contributed by atoms with van der Waals surface area (Å²) in [5.41, 5.74) is -0.472. The molecule has 3 nitrogen and oxygen atoms in total. The number of hydrogen-bond acceptors (Lipinski definition) is 3. The van der Waals surface area contributed by atoms with Gasteiger partial charge in [-0.3, -0.25) is 4.90 Å². The third kappa shape index (κ3) is 1.92. The fourth-order valence-electron chi connectivity index (χ4n) is 1.37. The average molecular weight is 161 g/mol. The summed E-state index contributed by atoms with van der Waals surface area (Å²) in [7, 11) is 3.74. The first-order valence-electron chi connectivity index (χ1n) is 3.97. The van der Waals surface area contributed by atoms with Gasteiger partial charge in [0, 0.05) is 0 Å². The highest BCUT2D eigenvalue weighted by molar-refractivity contribution is 4.90. The Kier molecular flexibility index (Phi) is 4.00. The third-order valence-electron chi connectivity index (χ3n) is 2.55. The van der Waals surface area contributed by atoms with E-state index in [-0.39, 0.29) is 6.61 Å². The number of hydrogen-bond donors (Lipinski definition) is 2. The summed E-state index contributed by atoms with van der Waals surface area (Å²) in [6.45, 7) is 3.66. The van der Waals surface area contributed by atoms with Crippen LogP contribution in [0.1, 0.15) is 20.3 Å². The van der Waals surface area contributed by atoms with Gasteiger partial charge in [-0.05, 0) is 27.4 Å². The standard InChI is InChI=1S/C8H19NO2/c1-5-8(6-10,7(2)11)9(3)4/h7,10-11H,5-6H2,1-4H3. The van der Waals surface area contributed by atoms with Gasteiger partial charge in [-0.2, -0.15) is 0 Å². The Balaban J connectivity index is 4.46. The maximum absolute atomic E-state index is 9.43. The van der Waals surface area contributed by atoms with Gasteiger partial charge < -0.3 is 10.2 Å². The van der Waals surface area contributed by atoms with E-state index in [1.807, 2.05) is 25.9 Å². The van der Waals surface area contributed by atoms with Gasteiger partial charge >= 0.3 is 0 Å². The molecule has 0 amide bonds. The molecular weight excluding hydrogens is 142 g/mol. The van der Waals surface area contributed by atoms with Crippen LogP contribution in [0.3, 0.4) is 0 Å². The third-order valence-corrected chi connectivity index (χ3v) is 2.55. The minimum Gasteiger partial charge on any atom is -0.394 e. The summed E-state index contributed by atoms with van der Waals surface area (Å²) in [6, 6.07) is 0. The number of nitrogens with zero attached hydrogens (tertiary/aromatic N) is 1. The number of likely N-dealkylation sites (N-methyl/N-ethyl adjacent to an activating group) is 1. The summed E-state index contributed by atoms with van der Waals surface area (Å²) < 4.78 is 0. The first kappa shape index (κ1) is 10.9. The lowest BCUT2D eigenvalue weighted by molar-refractivity contribution is -0.0356. The van der Waals surface area contributed by atoms with E-state index < -0.39 is 11.6 Å². The summed E-state index contributed by atoms with van der Waals surface area (Å²) in [5, 5.41) is 18.5. The molecule has 0 aromatic carbocycles. The highest BCUT2D eigenvalue weighted by Crippen LogP contribution is 2.20. The van der Waals surface area contributed by atoms with Crippen molar-refractivity contribution in [1.29, 1.82) is 0 Å². The normalized spacial score (nSPS) is 19.9. The van der Waals surface area contributed by atoms with Crippen LogP contribution in [0.4, 0.5) is 0 Å². The highest BCUT2D eigenvalue weighted by atomic mass is 16.3. The second kappa shape index (κ2) is 4.04. The van der Waals surface area contributed by atoms with Crippen molar-refractivity contribution < 1.29 is 10.2 Å². The predicted molar refractivity (Wildman–Crippen MR) is 45.5 cm³/mol. The molecule has 0 aromatic heterocycles. The molecule has 68 valence electrons. The van der Waals surface area contributed by atoms with Gasteiger partial charge in [0.05, 0.1) is 18.2 Å². The molecule has 2 unspecified atom stereocenters. The average Bonchev–Trinajstić information content (AvgIpc) is 1.90. The molecule has 3 heteroatoms. The molecule has 2 N–H and O–H groups in total. The lowest BCUT2D eigenvalue weighted by Crippen LogP contribution is -2.54. The fraction of sp³-hybridized carbons (Fsp3) is 1.00. The van der Waals surface area contributed by atoms with E-state index in [1.165, 1.54) is 0 Å². The molecule has 0 saturated carbocycles. The Bertz CT molecular complexity index is 98.7. The van der Waals surface area contributed by atoms with E-state index in [4.69, 9.17) is 5.11 Å². The molecule has 0 heterocycles. The van der Waals surface area contributed by atoms with Crippen LogP contribution in [-0.4, -0.2) is 47.5 Å². The lowest BCUT2D eigenvalue weighted by atomic mass is 9.90. The van der Waals surface area contributed by atoms with Gasteiger partial charge in [-0.1, -0.05) is 6.92 Å². The van der Waals surface area contributed by atoms with Gasteiger partial charge in [0.25, 0.3) is 0 Å². The molecule has 0 aliphatic rings. The number of rotatable bonds is 4. The molecule has 11 heavy (non-hydrogen) atoms.